The van der Waals surface area contributed by atoms with Gasteiger partial charge in [-0.15, -0.1) is 12.4 Å². The molecule has 2 aliphatic rings. The van der Waals surface area contributed by atoms with Crippen LogP contribution in [0.25, 0.3) is 0 Å². The van der Waals surface area contributed by atoms with Crippen LogP contribution in [-0.2, 0) is 14.8 Å². The van der Waals surface area contributed by atoms with Crippen molar-refractivity contribution in [1.29, 1.82) is 0 Å². The second-order valence-corrected chi connectivity index (χ2v) is 8.97. The van der Waals surface area contributed by atoms with E-state index >= 15 is 0 Å². The molecular formula is C19H29ClN4O3S. The van der Waals surface area contributed by atoms with Crippen LogP contribution in [-0.4, -0.2) is 45.3 Å². The van der Waals surface area contributed by atoms with Crippen LogP contribution in [0.3, 0.4) is 0 Å². The Balaban J connectivity index is 0.00000280. The maximum absolute atomic E-state index is 12.9. The number of carbonyl (C=O) groups is 1. The first kappa shape index (κ1) is 22.6. The monoisotopic (exact) mass is 428 g/mol. The van der Waals surface area contributed by atoms with Crippen LogP contribution in [0.1, 0.15) is 45.1 Å². The molecule has 3 rings (SSSR count). The standard InChI is InChI=1S/C19H28N4O3S.ClH/c1-3-4-8-16(19(24)22-15-10-11-20-12-13(15)2)21-18-14-7-5-6-9-17(14)27(25,26)23-18;/h5-7,9,13,15-16,20H,3-4,8,10-12H2,1-2H3,(H,21,23)(H,22,24);1H. The van der Waals surface area contributed by atoms with E-state index in [0.29, 0.717) is 17.9 Å². The molecule has 9 heteroatoms. The van der Waals surface area contributed by atoms with Crippen molar-refractivity contribution in [3.05, 3.63) is 29.8 Å². The first-order valence-electron chi connectivity index (χ1n) is 9.63. The number of rotatable bonds is 6. The summed E-state index contributed by atoms with van der Waals surface area (Å²) in [7, 11) is -3.60. The van der Waals surface area contributed by atoms with E-state index in [9.17, 15) is 13.2 Å². The fourth-order valence-corrected chi connectivity index (χ4v) is 4.78. The summed E-state index contributed by atoms with van der Waals surface area (Å²) in [6.07, 6.45) is 3.28. The minimum Gasteiger partial charge on any atom is -0.351 e. The molecule has 1 fully saturated rings. The van der Waals surface area contributed by atoms with Gasteiger partial charge in [-0.3, -0.25) is 14.5 Å². The molecule has 0 aliphatic carbocycles. The second kappa shape index (κ2) is 9.71. The molecule has 1 saturated heterocycles. The highest BCUT2D eigenvalue weighted by molar-refractivity contribution is 7.90. The topological polar surface area (TPSA) is 99.7 Å². The van der Waals surface area contributed by atoms with Gasteiger partial charge in [0.2, 0.25) is 5.91 Å². The number of aliphatic imine (C=N–C) groups is 1. The molecule has 7 nitrogen and oxygen atoms in total. The Hall–Kier alpha value is -1.64. The lowest BCUT2D eigenvalue weighted by atomic mass is 9.95. The molecule has 0 saturated carbocycles. The zero-order valence-corrected chi connectivity index (χ0v) is 17.9. The summed E-state index contributed by atoms with van der Waals surface area (Å²) in [4.78, 5) is 17.7. The summed E-state index contributed by atoms with van der Waals surface area (Å²) >= 11 is 0. The molecular weight excluding hydrogens is 400 g/mol. The third-order valence-electron chi connectivity index (χ3n) is 5.19. The second-order valence-electron chi connectivity index (χ2n) is 7.32. The van der Waals surface area contributed by atoms with E-state index in [4.69, 9.17) is 0 Å². The van der Waals surface area contributed by atoms with Gasteiger partial charge in [0, 0.05) is 11.6 Å². The van der Waals surface area contributed by atoms with Crippen molar-refractivity contribution in [3.8, 4) is 0 Å². The quantitative estimate of drug-likeness (QED) is 0.643. The molecule has 1 aromatic carbocycles. The Morgan fingerprint density at radius 2 is 2.11 bits per heavy atom. The number of unbranched alkanes of at least 4 members (excludes halogenated alkanes) is 1. The molecule has 3 unspecified atom stereocenters. The van der Waals surface area contributed by atoms with Crippen LogP contribution in [0.4, 0.5) is 0 Å². The molecule has 0 radical (unpaired) electrons. The van der Waals surface area contributed by atoms with Crippen LogP contribution in [0.5, 0.6) is 0 Å². The molecule has 2 heterocycles. The van der Waals surface area contributed by atoms with Gasteiger partial charge in [-0.1, -0.05) is 38.8 Å². The van der Waals surface area contributed by atoms with Gasteiger partial charge in [0.25, 0.3) is 10.0 Å². The minimum absolute atomic E-state index is 0. The van der Waals surface area contributed by atoms with E-state index in [0.717, 1.165) is 32.4 Å². The van der Waals surface area contributed by atoms with Gasteiger partial charge in [0.1, 0.15) is 11.9 Å². The number of halogens is 1. The van der Waals surface area contributed by atoms with Crippen molar-refractivity contribution in [2.24, 2.45) is 10.9 Å². The normalized spacial score (nSPS) is 25.3. The number of amides is 1. The predicted octanol–water partition coefficient (Wildman–Crippen LogP) is 1.82. The van der Waals surface area contributed by atoms with Crippen molar-refractivity contribution in [2.75, 3.05) is 13.1 Å². The van der Waals surface area contributed by atoms with Crippen LogP contribution < -0.4 is 15.4 Å². The number of carbonyl (C=O) groups excluding carboxylic acids is 1. The van der Waals surface area contributed by atoms with Gasteiger partial charge in [-0.2, -0.15) is 0 Å². The Bertz CT molecular complexity index is 828. The maximum Gasteiger partial charge on any atom is 0.263 e. The Kier molecular flexibility index (Phi) is 7.86. The van der Waals surface area contributed by atoms with Gasteiger partial charge in [-0.25, -0.2) is 8.42 Å². The van der Waals surface area contributed by atoms with Crippen LogP contribution in [0, 0.1) is 5.92 Å². The lowest BCUT2D eigenvalue weighted by Crippen LogP contribution is -2.50. The highest BCUT2D eigenvalue weighted by Crippen LogP contribution is 2.23. The van der Waals surface area contributed by atoms with Gasteiger partial charge in [0.05, 0.1) is 4.90 Å². The molecule has 28 heavy (non-hydrogen) atoms. The van der Waals surface area contributed by atoms with Crippen LogP contribution in [0.2, 0.25) is 0 Å². The summed E-state index contributed by atoms with van der Waals surface area (Å²) in [5, 5.41) is 6.46. The molecule has 1 aromatic rings. The number of fused-ring (bicyclic) bond motifs is 1. The Labute approximate surface area is 173 Å². The molecule has 156 valence electrons. The van der Waals surface area contributed by atoms with Gasteiger partial charge in [-0.05, 0) is 44.0 Å². The number of nitrogens with one attached hydrogen (secondary N) is 3. The van der Waals surface area contributed by atoms with Crippen molar-refractivity contribution in [3.63, 3.8) is 0 Å². The average molecular weight is 429 g/mol. The zero-order valence-electron chi connectivity index (χ0n) is 16.3. The summed E-state index contributed by atoms with van der Waals surface area (Å²) in [5.74, 6) is 0.492. The maximum atomic E-state index is 12.9. The number of piperidine rings is 1. The SMILES string of the molecule is CCCCC(N=C1NS(=O)(=O)c2ccccc21)C(=O)NC1CCNCC1C.Cl. The molecule has 3 N–H and O–H groups in total. The molecule has 0 aromatic heterocycles. The lowest BCUT2D eigenvalue weighted by molar-refractivity contribution is -0.123. The predicted molar refractivity (Wildman–Crippen MR) is 112 cm³/mol. The molecule has 0 spiro atoms. The van der Waals surface area contributed by atoms with E-state index in [2.05, 4.69) is 34.2 Å². The first-order chi connectivity index (χ1) is 12.9. The highest BCUT2D eigenvalue weighted by atomic mass is 35.5. The fraction of sp³-hybridized carbons (Fsp3) is 0.579. The van der Waals surface area contributed by atoms with E-state index < -0.39 is 16.1 Å². The summed E-state index contributed by atoms with van der Waals surface area (Å²) in [5.41, 5.74) is 0.530. The Morgan fingerprint density at radius 3 is 2.82 bits per heavy atom. The number of benzene rings is 1. The van der Waals surface area contributed by atoms with Crippen LogP contribution in [0.15, 0.2) is 34.2 Å². The van der Waals surface area contributed by atoms with Crippen molar-refractivity contribution in [2.45, 2.75) is 56.5 Å². The molecule has 0 bridgehead atoms. The van der Waals surface area contributed by atoms with Crippen molar-refractivity contribution < 1.29 is 13.2 Å². The first-order valence-corrected chi connectivity index (χ1v) is 11.1. The third kappa shape index (κ3) is 5.04. The average Bonchev–Trinajstić information content (AvgIpc) is 2.91. The smallest absolute Gasteiger partial charge is 0.263 e. The number of hydrogen-bond donors (Lipinski definition) is 3. The Morgan fingerprint density at radius 1 is 1.36 bits per heavy atom. The lowest BCUT2D eigenvalue weighted by Gasteiger charge is -2.31. The van der Waals surface area contributed by atoms with Gasteiger partial charge < -0.3 is 10.6 Å². The zero-order chi connectivity index (χ0) is 19.4. The third-order valence-corrected chi connectivity index (χ3v) is 6.59. The fourth-order valence-electron chi connectivity index (χ4n) is 3.54. The van der Waals surface area contributed by atoms with E-state index in [1.165, 1.54) is 0 Å². The summed E-state index contributed by atoms with van der Waals surface area (Å²) in [6, 6.07) is 6.25. The largest absolute Gasteiger partial charge is 0.351 e. The van der Waals surface area contributed by atoms with E-state index in [-0.39, 0.29) is 35.1 Å². The summed E-state index contributed by atoms with van der Waals surface area (Å²) < 4.78 is 27.1. The molecule has 2 aliphatic heterocycles. The van der Waals surface area contributed by atoms with Crippen LogP contribution >= 0.6 is 12.4 Å². The van der Waals surface area contributed by atoms with Gasteiger partial charge in [0.15, 0.2) is 0 Å². The molecule has 3 atom stereocenters. The highest BCUT2D eigenvalue weighted by Gasteiger charge is 2.32. The van der Waals surface area contributed by atoms with E-state index in [1.807, 2.05) is 0 Å². The number of amidine groups is 1. The van der Waals surface area contributed by atoms with Crippen molar-refractivity contribution in [1.82, 2.24) is 15.4 Å². The molecule has 1 amide bonds. The number of hydrogen-bond acceptors (Lipinski definition) is 5. The number of nitrogens with zero attached hydrogens (tertiary/aromatic N) is 1. The van der Waals surface area contributed by atoms with Crippen molar-refractivity contribution >= 4 is 34.2 Å². The minimum atomic E-state index is -3.60. The number of sulfonamides is 1. The van der Waals surface area contributed by atoms with Gasteiger partial charge >= 0.3 is 0 Å². The van der Waals surface area contributed by atoms with E-state index in [1.54, 1.807) is 24.3 Å². The summed E-state index contributed by atoms with van der Waals surface area (Å²) in [6.45, 7) is 5.94.